The van der Waals surface area contributed by atoms with Crippen molar-refractivity contribution in [1.29, 1.82) is 0 Å². The van der Waals surface area contributed by atoms with E-state index in [2.05, 4.69) is 10.3 Å². The van der Waals surface area contributed by atoms with Gasteiger partial charge in [-0.15, -0.1) is 24.8 Å². The lowest BCUT2D eigenvalue weighted by atomic mass is 10.2. The van der Waals surface area contributed by atoms with Crippen molar-refractivity contribution < 1.29 is 9.21 Å². The molecular weight excluding hydrogens is 361 g/mol. The van der Waals surface area contributed by atoms with Crippen LogP contribution in [-0.2, 0) is 11.2 Å². The lowest BCUT2D eigenvalue weighted by Crippen LogP contribution is -2.34. The first kappa shape index (κ1) is 21.5. The molecule has 1 amide bonds. The maximum Gasteiger partial charge on any atom is 0.222 e. The van der Waals surface area contributed by atoms with Crippen LogP contribution in [0, 0.1) is 0 Å². The predicted octanol–water partition coefficient (Wildman–Crippen LogP) is 3.33. The van der Waals surface area contributed by atoms with Crippen molar-refractivity contribution in [2.24, 2.45) is 0 Å². The Morgan fingerprint density at radius 3 is 2.76 bits per heavy atom. The molecule has 1 aromatic carbocycles. The highest BCUT2D eigenvalue weighted by Gasteiger charge is 2.15. The first-order chi connectivity index (χ1) is 11.3. The van der Waals surface area contributed by atoms with Crippen LogP contribution in [0.3, 0.4) is 0 Å². The van der Waals surface area contributed by atoms with Crippen molar-refractivity contribution in [1.82, 2.24) is 15.2 Å². The van der Waals surface area contributed by atoms with Gasteiger partial charge in [0, 0.05) is 38.0 Å². The molecule has 1 N–H and O–H groups in total. The van der Waals surface area contributed by atoms with Gasteiger partial charge in [-0.05, 0) is 19.4 Å². The number of aryl methyl sites for hydroxylation is 1. The number of hydrogen-bond acceptors (Lipinski definition) is 4. The van der Waals surface area contributed by atoms with Crippen LogP contribution in [0.5, 0.6) is 0 Å². The number of oxazole rings is 1. The highest BCUT2D eigenvalue weighted by Crippen LogP contribution is 2.20. The first-order valence-corrected chi connectivity index (χ1v) is 8.31. The van der Waals surface area contributed by atoms with Gasteiger partial charge in [-0.1, -0.05) is 30.3 Å². The molecule has 2 aromatic rings. The van der Waals surface area contributed by atoms with Crippen molar-refractivity contribution >= 4 is 30.7 Å². The van der Waals surface area contributed by atoms with Crippen LogP contribution in [0.2, 0.25) is 0 Å². The zero-order valence-corrected chi connectivity index (χ0v) is 15.8. The molecule has 1 aromatic heterocycles. The molecule has 0 radical (unpaired) electrons. The fraction of sp³-hybridized carbons (Fsp3) is 0.444. The van der Waals surface area contributed by atoms with Crippen molar-refractivity contribution in [3.63, 3.8) is 0 Å². The summed E-state index contributed by atoms with van der Waals surface area (Å²) in [4.78, 5) is 18.5. The fourth-order valence-electron chi connectivity index (χ4n) is 2.81. The van der Waals surface area contributed by atoms with E-state index in [4.69, 9.17) is 4.42 Å². The lowest BCUT2D eigenvalue weighted by Gasteiger charge is -2.19. The van der Waals surface area contributed by atoms with E-state index in [1.54, 1.807) is 6.20 Å². The van der Waals surface area contributed by atoms with E-state index >= 15 is 0 Å². The highest BCUT2D eigenvalue weighted by molar-refractivity contribution is 5.85. The predicted molar refractivity (Wildman–Crippen MR) is 103 cm³/mol. The SMILES string of the molecule is Cl.Cl.O=C(CCCc1ncc(-c2ccccc2)o1)N1CCCNCC1. The molecule has 5 nitrogen and oxygen atoms in total. The van der Waals surface area contributed by atoms with Gasteiger partial charge in [0.1, 0.15) is 0 Å². The highest BCUT2D eigenvalue weighted by atomic mass is 35.5. The third kappa shape index (κ3) is 6.34. The summed E-state index contributed by atoms with van der Waals surface area (Å²) in [6, 6.07) is 9.94. The van der Waals surface area contributed by atoms with E-state index in [0.717, 1.165) is 50.3 Å². The van der Waals surface area contributed by atoms with Gasteiger partial charge in [0.2, 0.25) is 5.91 Å². The van der Waals surface area contributed by atoms with Crippen molar-refractivity contribution in [2.45, 2.75) is 25.7 Å². The van der Waals surface area contributed by atoms with Gasteiger partial charge in [-0.2, -0.15) is 0 Å². The maximum atomic E-state index is 12.2. The lowest BCUT2D eigenvalue weighted by molar-refractivity contribution is -0.131. The van der Waals surface area contributed by atoms with Crippen LogP contribution in [0.15, 0.2) is 40.9 Å². The average molecular weight is 386 g/mol. The second-order valence-corrected chi connectivity index (χ2v) is 5.82. The number of amides is 1. The monoisotopic (exact) mass is 385 g/mol. The van der Waals surface area contributed by atoms with Crippen LogP contribution in [-0.4, -0.2) is 42.0 Å². The summed E-state index contributed by atoms with van der Waals surface area (Å²) in [5.41, 5.74) is 1.03. The summed E-state index contributed by atoms with van der Waals surface area (Å²) in [5.74, 6) is 1.73. The topological polar surface area (TPSA) is 58.4 Å². The Hall–Kier alpha value is -1.56. The molecular formula is C18H25Cl2N3O2. The van der Waals surface area contributed by atoms with E-state index in [1.165, 1.54) is 0 Å². The Morgan fingerprint density at radius 2 is 1.96 bits per heavy atom. The Labute approximate surface area is 161 Å². The minimum Gasteiger partial charge on any atom is -0.441 e. The van der Waals surface area contributed by atoms with E-state index in [0.29, 0.717) is 18.7 Å². The minimum atomic E-state index is 0. The smallest absolute Gasteiger partial charge is 0.222 e. The van der Waals surface area contributed by atoms with Gasteiger partial charge < -0.3 is 14.6 Å². The Balaban J connectivity index is 0.00000156. The summed E-state index contributed by atoms with van der Waals surface area (Å²) in [6.07, 6.45) is 4.82. The van der Waals surface area contributed by atoms with E-state index in [9.17, 15) is 4.79 Å². The van der Waals surface area contributed by atoms with Crippen LogP contribution >= 0.6 is 24.8 Å². The summed E-state index contributed by atoms with van der Waals surface area (Å²) in [7, 11) is 0. The number of halogens is 2. The first-order valence-electron chi connectivity index (χ1n) is 8.31. The summed E-state index contributed by atoms with van der Waals surface area (Å²) in [5, 5.41) is 3.31. The van der Waals surface area contributed by atoms with Gasteiger partial charge in [-0.3, -0.25) is 4.79 Å². The molecule has 0 unspecified atom stereocenters. The zero-order valence-electron chi connectivity index (χ0n) is 14.1. The molecule has 2 heterocycles. The molecule has 25 heavy (non-hydrogen) atoms. The van der Waals surface area contributed by atoms with E-state index in [1.807, 2.05) is 35.2 Å². The van der Waals surface area contributed by atoms with E-state index in [-0.39, 0.29) is 30.7 Å². The van der Waals surface area contributed by atoms with Crippen molar-refractivity contribution in [2.75, 3.05) is 26.2 Å². The third-order valence-corrected chi connectivity index (χ3v) is 4.09. The molecule has 0 atom stereocenters. The molecule has 7 heteroatoms. The molecule has 0 aliphatic carbocycles. The normalized spacial score (nSPS) is 14.2. The van der Waals surface area contributed by atoms with Crippen LogP contribution in [0.1, 0.15) is 25.2 Å². The Bertz CT molecular complexity index is 626. The van der Waals surface area contributed by atoms with Crippen LogP contribution in [0.4, 0.5) is 0 Å². The third-order valence-electron chi connectivity index (χ3n) is 4.09. The summed E-state index contributed by atoms with van der Waals surface area (Å²) >= 11 is 0. The van der Waals surface area contributed by atoms with Gasteiger partial charge >= 0.3 is 0 Å². The largest absolute Gasteiger partial charge is 0.441 e. The van der Waals surface area contributed by atoms with Crippen molar-refractivity contribution in [3.05, 3.63) is 42.4 Å². The number of benzene rings is 1. The van der Waals surface area contributed by atoms with Crippen LogP contribution < -0.4 is 5.32 Å². The molecule has 0 bridgehead atoms. The second-order valence-electron chi connectivity index (χ2n) is 5.82. The quantitative estimate of drug-likeness (QED) is 0.857. The van der Waals surface area contributed by atoms with Crippen molar-refractivity contribution in [3.8, 4) is 11.3 Å². The Kier molecular flexibility index (Phi) is 9.57. The van der Waals surface area contributed by atoms with Gasteiger partial charge in [0.15, 0.2) is 11.7 Å². The zero-order chi connectivity index (χ0) is 15.9. The molecule has 1 aliphatic heterocycles. The average Bonchev–Trinajstić information content (AvgIpc) is 2.89. The fourth-order valence-corrected chi connectivity index (χ4v) is 2.81. The maximum absolute atomic E-state index is 12.2. The molecule has 1 saturated heterocycles. The molecule has 1 fully saturated rings. The molecule has 3 rings (SSSR count). The number of aromatic nitrogens is 1. The number of nitrogens with one attached hydrogen (secondary N) is 1. The summed E-state index contributed by atoms with van der Waals surface area (Å²) < 4.78 is 5.77. The number of hydrogen-bond donors (Lipinski definition) is 1. The number of carbonyl (C=O) groups is 1. The van der Waals surface area contributed by atoms with Crippen LogP contribution in [0.25, 0.3) is 11.3 Å². The van der Waals surface area contributed by atoms with Gasteiger partial charge in [-0.25, -0.2) is 4.98 Å². The number of nitrogens with zero attached hydrogens (tertiary/aromatic N) is 2. The van der Waals surface area contributed by atoms with E-state index < -0.39 is 0 Å². The number of carbonyl (C=O) groups excluding carboxylic acids is 1. The molecule has 0 spiro atoms. The summed E-state index contributed by atoms with van der Waals surface area (Å²) in [6.45, 7) is 3.58. The molecule has 138 valence electrons. The van der Waals surface area contributed by atoms with Gasteiger partial charge in [0.25, 0.3) is 0 Å². The number of rotatable bonds is 5. The second kappa shape index (κ2) is 11.1. The minimum absolute atomic E-state index is 0. The molecule has 0 saturated carbocycles. The molecule has 1 aliphatic rings. The van der Waals surface area contributed by atoms with Gasteiger partial charge in [0.05, 0.1) is 6.20 Å². The standard InChI is InChI=1S/C18H23N3O2.2ClH/c22-18(21-12-5-10-19-11-13-21)9-4-8-17-20-14-16(23-17)15-6-2-1-3-7-15;;/h1-3,6-7,14,19H,4-5,8-13H2;2*1H. The Morgan fingerprint density at radius 1 is 1.16 bits per heavy atom.